The average Bonchev–Trinajstić information content (AvgIpc) is 3.33. The van der Waals surface area contributed by atoms with Crippen molar-refractivity contribution in [3.05, 3.63) is 70.4 Å². The monoisotopic (exact) mass is 352 g/mol. The van der Waals surface area contributed by atoms with Crippen LogP contribution in [0.25, 0.3) is 10.9 Å². The molecule has 3 nitrogen and oxygen atoms in total. The number of H-pyrrole nitrogens is 1. The maximum atomic E-state index is 12.9. The molecule has 1 aliphatic rings. The first kappa shape index (κ1) is 16.2. The highest BCUT2D eigenvalue weighted by Gasteiger charge is 2.53. The van der Waals surface area contributed by atoms with Gasteiger partial charge in [0.05, 0.1) is 5.41 Å². The van der Waals surface area contributed by atoms with Crippen molar-refractivity contribution in [2.45, 2.75) is 31.6 Å². The van der Waals surface area contributed by atoms with Crippen molar-refractivity contribution in [2.75, 3.05) is 6.54 Å². The second kappa shape index (κ2) is 6.23. The van der Waals surface area contributed by atoms with Gasteiger partial charge in [-0.15, -0.1) is 0 Å². The van der Waals surface area contributed by atoms with Gasteiger partial charge < -0.3 is 10.3 Å². The van der Waals surface area contributed by atoms with Crippen molar-refractivity contribution in [2.24, 2.45) is 0 Å². The van der Waals surface area contributed by atoms with Crippen LogP contribution in [0.2, 0.25) is 5.02 Å². The number of para-hydroxylation sites is 1. The third-order valence-electron chi connectivity index (χ3n) is 5.17. The second-order valence-corrected chi connectivity index (χ2v) is 7.32. The number of hydrogen-bond donors (Lipinski definition) is 2. The van der Waals surface area contributed by atoms with E-state index in [9.17, 15) is 4.79 Å². The predicted molar refractivity (Wildman–Crippen MR) is 102 cm³/mol. The van der Waals surface area contributed by atoms with E-state index in [2.05, 4.69) is 29.4 Å². The summed E-state index contributed by atoms with van der Waals surface area (Å²) in [4.78, 5) is 16.3. The molecular formula is C21H21ClN2O. The summed E-state index contributed by atoms with van der Waals surface area (Å²) < 4.78 is 0. The molecule has 0 bridgehead atoms. The van der Waals surface area contributed by atoms with E-state index in [1.54, 1.807) is 0 Å². The summed E-state index contributed by atoms with van der Waals surface area (Å²) >= 11 is 5.91. The number of benzene rings is 2. The van der Waals surface area contributed by atoms with Crippen LogP contribution in [0.4, 0.5) is 0 Å². The lowest BCUT2D eigenvalue weighted by Crippen LogP contribution is -2.36. The number of amides is 1. The number of rotatable bonds is 5. The number of fused-ring (bicyclic) bond motifs is 1. The van der Waals surface area contributed by atoms with Crippen molar-refractivity contribution in [3.8, 4) is 0 Å². The molecule has 25 heavy (non-hydrogen) atoms. The molecule has 1 amide bonds. The summed E-state index contributed by atoms with van der Waals surface area (Å²) in [5.41, 5.74) is 4.20. The van der Waals surface area contributed by atoms with Gasteiger partial charge in [0.15, 0.2) is 0 Å². The Kier molecular flexibility index (Phi) is 4.04. The van der Waals surface area contributed by atoms with Crippen molar-refractivity contribution in [1.82, 2.24) is 10.3 Å². The molecule has 0 unspecified atom stereocenters. The van der Waals surface area contributed by atoms with E-state index < -0.39 is 0 Å². The third-order valence-corrected chi connectivity index (χ3v) is 5.42. The van der Waals surface area contributed by atoms with Gasteiger partial charge in [-0.1, -0.05) is 41.9 Å². The smallest absolute Gasteiger partial charge is 0.230 e. The molecule has 1 saturated carbocycles. The molecule has 4 heteroatoms. The van der Waals surface area contributed by atoms with E-state index in [1.807, 2.05) is 36.4 Å². The van der Waals surface area contributed by atoms with Gasteiger partial charge >= 0.3 is 0 Å². The van der Waals surface area contributed by atoms with Crippen LogP contribution in [0.15, 0.2) is 48.5 Å². The number of aromatic nitrogens is 1. The van der Waals surface area contributed by atoms with Crippen LogP contribution in [0.1, 0.15) is 29.7 Å². The van der Waals surface area contributed by atoms with E-state index in [0.717, 1.165) is 35.5 Å². The van der Waals surface area contributed by atoms with Gasteiger partial charge in [-0.25, -0.2) is 0 Å². The van der Waals surface area contributed by atoms with Crippen LogP contribution in [-0.4, -0.2) is 17.4 Å². The van der Waals surface area contributed by atoms with Crippen molar-refractivity contribution < 1.29 is 4.79 Å². The molecule has 0 atom stereocenters. The van der Waals surface area contributed by atoms with E-state index in [0.29, 0.717) is 6.54 Å². The highest BCUT2D eigenvalue weighted by atomic mass is 35.5. The van der Waals surface area contributed by atoms with Crippen LogP contribution in [-0.2, 0) is 16.6 Å². The van der Waals surface area contributed by atoms with Crippen LogP contribution < -0.4 is 5.32 Å². The summed E-state index contributed by atoms with van der Waals surface area (Å²) in [7, 11) is 0. The SMILES string of the molecule is Cc1[nH]c2ccccc2c1C1(C(=O)NCCc2ccc(Cl)cc2)CC1. The molecule has 0 spiro atoms. The molecule has 128 valence electrons. The quantitative estimate of drug-likeness (QED) is 0.696. The Bertz CT molecular complexity index is 923. The predicted octanol–water partition coefficient (Wildman–Crippen LogP) is 4.52. The third kappa shape index (κ3) is 2.93. The van der Waals surface area contributed by atoms with Gasteiger partial charge in [-0.2, -0.15) is 0 Å². The maximum Gasteiger partial charge on any atom is 0.230 e. The average molecular weight is 353 g/mol. The lowest BCUT2D eigenvalue weighted by atomic mass is 9.92. The Morgan fingerprint density at radius 1 is 1.16 bits per heavy atom. The number of aryl methyl sites for hydroxylation is 1. The van der Waals surface area contributed by atoms with Crippen molar-refractivity contribution >= 4 is 28.4 Å². The molecule has 1 aromatic heterocycles. The van der Waals surface area contributed by atoms with Gasteiger partial charge in [0, 0.05) is 28.2 Å². The Morgan fingerprint density at radius 2 is 1.88 bits per heavy atom. The van der Waals surface area contributed by atoms with Crippen LogP contribution in [0, 0.1) is 6.92 Å². The van der Waals surface area contributed by atoms with E-state index in [-0.39, 0.29) is 11.3 Å². The topological polar surface area (TPSA) is 44.9 Å². The molecule has 1 aliphatic carbocycles. The largest absolute Gasteiger partial charge is 0.358 e. The first-order valence-corrected chi connectivity index (χ1v) is 9.08. The Labute approximate surface area is 152 Å². The number of hydrogen-bond acceptors (Lipinski definition) is 1. The summed E-state index contributed by atoms with van der Waals surface area (Å²) in [6, 6.07) is 16.0. The van der Waals surface area contributed by atoms with Gasteiger partial charge in [0.1, 0.15) is 0 Å². The minimum Gasteiger partial charge on any atom is -0.358 e. The molecule has 0 saturated heterocycles. The van der Waals surface area contributed by atoms with Gasteiger partial charge in [-0.05, 0) is 55.5 Å². The minimum atomic E-state index is -0.357. The molecule has 2 aromatic carbocycles. The van der Waals surface area contributed by atoms with Crippen LogP contribution >= 0.6 is 11.6 Å². The fraction of sp³-hybridized carbons (Fsp3) is 0.286. The molecule has 0 radical (unpaired) electrons. The molecule has 3 aromatic rings. The van der Waals surface area contributed by atoms with Crippen LogP contribution in [0.5, 0.6) is 0 Å². The lowest BCUT2D eigenvalue weighted by Gasteiger charge is -2.16. The Morgan fingerprint density at radius 3 is 2.60 bits per heavy atom. The highest BCUT2D eigenvalue weighted by molar-refractivity contribution is 6.30. The van der Waals surface area contributed by atoms with Crippen molar-refractivity contribution in [3.63, 3.8) is 0 Å². The van der Waals surface area contributed by atoms with E-state index in [1.165, 1.54) is 16.5 Å². The zero-order valence-electron chi connectivity index (χ0n) is 14.2. The van der Waals surface area contributed by atoms with Crippen molar-refractivity contribution in [1.29, 1.82) is 0 Å². The first-order chi connectivity index (χ1) is 12.1. The zero-order valence-corrected chi connectivity index (χ0v) is 15.0. The second-order valence-electron chi connectivity index (χ2n) is 6.89. The van der Waals surface area contributed by atoms with Gasteiger partial charge in [0.2, 0.25) is 5.91 Å². The fourth-order valence-corrected chi connectivity index (χ4v) is 3.88. The molecule has 4 rings (SSSR count). The number of nitrogens with one attached hydrogen (secondary N) is 2. The minimum absolute atomic E-state index is 0.148. The summed E-state index contributed by atoms with van der Waals surface area (Å²) in [5, 5.41) is 5.05. The molecule has 0 aliphatic heterocycles. The standard InChI is InChI=1S/C21H21ClN2O/c1-14-19(17-4-2-3-5-18(17)24-14)21(11-12-21)20(25)23-13-10-15-6-8-16(22)9-7-15/h2-9,24H,10-13H2,1H3,(H,23,25). The number of carbonyl (C=O) groups excluding carboxylic acids is 1. The number of aromatic amines is 1. The van der Waals surface area contributed by atoms with Gasteiger partial charge in [0.25, 0.3) is 0 Å². The molecule has 1 fully saturated rings. The van der Waals surface area contributed by atoms with Crippen LogP contribution in [0.3, 0.4) is 0 Å². The molecule has 1 heterocycles. The highest BCUT2D eigenvalue weighted by Crippen LogP contribution is 2.51. The fourth-order valence-electron chi connectivity index (χ4n) is 3.75. The number of halogens is 1. The zero-order chi connectivity index (χ0) is 17.4. The lowest BCUT2D eigenvalue weighted by molar-refractivity contribution is -0.123. The summed E-state index contributed by atoms with van der Waals surface area (Å²) in [5.74, 6) is 0.148. The normalized spacial score (nSPS) is 15.3. The van der Waals surface area contributed by atoms with E-state index in [4.69, 9.17) is 11.6 Å². The molecule has 2 N–H and O–H groups in total. The summed E-state index contributed by atoms with van der Waals surface area (Å²) in [6.45, 7) is 2.71. The van der Waals surface area contributed by atoms with Gasteiger partial charge in [-0.3, -0.25) is 4.79 Å². The number of carbonyl (C=O) groups is 1. The van der Waals surface area contributed by atoms with E-state index >= 15 is 0 Å². The first-order valence-electron chi connectivity index (χ1n) is 8.71. The Hall–Kier alpha value is -2.26. The Balaban J connectivity index is 1.49. The summed E-state index contributed by atoms with van der Waals surface area (Å²) in [6.07, 6.45) is 2.65. The maximum absolute atomic E-state index is 12.9. The molecular weight excluding hydrogens is 332 g/mol.